The van der Waals surface area contributed by atoms with Crippen molar-refractivity contribution >= 4 is 23.2 Å². The van der Waals surface area contributed by atoms with Crippen molar-refractivity contribution in [2.75, 3.05) is 5.32 Å². The molecule has 1 fully saturated rings. The molecule has 5 heteroatoms. The van der Waals surface area contributed by atoms with Gasteiger partial charge in [0.15, 0.2) is 0 Å². The van der Waals surface area contributed by atoms with Crippen LogP contribution in [0.4, 0.5) is 5.69 Å². The molecule has 1 aliphatic carbocycles. The number of aromatic nitrogens is 2. The molecular weight excluding hydrogens is 274 g/mol. The van der Waals surface area contributed by atoms with E-state index in [1.165, 1.54) is 0 Å². The predicted octanol–water partition coefficient (Wildman–Crippen LogP) is 3.57. The van der Waals surface area contributed by atoms with Crippen molar-refractivity contribution in [2.24, 2.45) is 0 Å². The highest BCUT2D eigenvalue weighted by Crippen LogP contribution is 2.37. The highest BCUT2D eigenvalue weighted by molar-refractivity contribution is 6.30. The lowest BCUT2D eigenvalue weighted by atomic mass is 10.2. The van der Waals surface area contributed by atoms with Crippen LogP contribution in [0.25, 0.3) is 0 Å². The summed E-state index contributed by atoms with van der Waals surface area (Å²) in [6.07, 6.45) is 5.47. The molecule has 0 atom stereocenters. The molecule has 0 radical (unpaired) electrons. The van der Waals surface area contributed by atoms with Gasteiger partial charge >= 0.3 is 0 Å². The number of rotatable bonds is 3. The third-order valence-corrected chi connectivity index (χ3v) is 3.55. The fraction of sp³-hybridized carbons (Fsp3) is 0.267. The summed E-state index contributed by atoms with van der Waals surface area (Å²) in [6, 6.07) is 5.34. The van der Waals surface area contributed by atoms with Gasteiger partial charge < -0.3 is 5.32 Å². The summed E-state index contributed by atoms with van der Waals surface area (Å²) in [4.78, 5) is 20.6. The van der Waals surface area contributed by atoms with Crippen LogP contribution in [0.15, 0.2) is 30.6 Å². The number of aryl methyl sites for hydroxylation is 1. The second kappa shape index (κ2) is 5.21. The first-order valence-corrected chi connectivity index (χ1v) is 6.91. The average molecular weight is 288 g/mol. The van der Waals surface area contributed by atoms with Crippen LogP contribution < -0.4 is 5.32 Å². The van der Waals surface area contributed by atoms with Crippen molar-refractivity contribution in [2.45, 2.75) is 25.7 Å². The van der Waals surface area contributed by atoms with Crippen molar-refractivity contribution in [3.63, 3.8) is 0 Å². The fourth-order valence-electron chi connectivity index (χ4n) is 1.97. The van der Waals surface area contributed by atoms with Gasteiger partial charge in [0.05, 0.1) is 5.56 Å². The molecule has 1 aliphatic rings. The van der Waals surface area contributed by atoms with Gasteiger partial charge in [0.1, 0.15) is 5.82 Å². The standard InChI is InChI=1S/C15H14ClN3O/c1-9-6-12(16)4-5-13(9)19-15(20)11-7-17-14(18-8-11)10-2-3-10/h4-8,10H,2-3H2,1H3,(H,19,20). The van der Waals surface area contributed by atoms with E-state index >= 15 is 0 Å². The number of benzene rings is 1. The topological polar surface area (TPSA) is 54.9 Å². The maximum atomic E-state index is 12.1. The zero-order valence-electron chi connectivity index (χ0n) is 11.1. The number of amides is 1. The van der Waals surface area contributed by atoms with Crippen LogP contribution in [0.5, 0.6) is 0 Å². The summed E-state index contributed by atoms with van der Waals surface area (Å²) >= 11 is 5.89. The largest absolute Gasteiger partial charge is 0.322 e. The van der Waals surface area contributed by atoms with Gasteiger partial charge in [0, 0.05) is 29.0 Å². The number of nitrogens with one attached hydrogen (secondary N) is 1. The average Bonchev–Trinajstić information content (AvgIpc) is 3.26. The first-order chi connectivity index (χ1) is 9.63. The van der Waals surface area contributed by atoms with Gasteiger partial charge in [-0.2, -0.15) is 0 Å². The molecule has 1 saturated carbocycles. The Morgan fingerprint density at radius 1 is 1.30 bits per heavy atom. The molecule has 20 heavy (non-hydrogen) atoms. The van der Waals surface area contributed by atoms with Gasteiger partial charge in [0.25, 0.3) is 5.91 Å². The Hall–Kier alpha value is -1.94. The Morgan fingerprint density at radius 2 is 2.00 bits per heavy atom. The van der Waals surface area contributed by atoms with Gasteiger partial charge in [0.2, 0.25) is 0 Å². The molecule has 0 spiro atoms. The zero-order chi connectivity index (χ0) is 14.1. The lowest BCUT2D eigenvalue weighted by molar-refractivity contribution is 0.102. The van der Waals surface area contributed by atoms with E-state index in [0.717, 1.165) is 29.9 Å². The smallest absolute Gasteiger partial charge is 0.258 e. The minimum absolute atomic E-state index is 0.210. The quantitative estimate of drug-likeness (QED) is 0.939. The van der Waals surface area contributed by atoms with Crippen LogP contribution in [-0.4, -0.2) is 15.9 Å². The van der Waals surface area contributed by atoms with Crippen LogP contribution >= 0.6 is 11.6 Å². The Balaban J connectivity index is 1.74. The van der Waals surface area contributed by atoms with E-state index in [2.05, 4.69) is 15.3 Å². The van der Waals surface area contributed by atoms with Crippen molar-refractivity contribution in [1.29, 1.82) is 0 Å². The van der Waals surface area contributed by atoms with Gasteiger partial charge in [-0.15, -0.1) is 0 Å². The van der Waals surface area contributed by atoms with E-state index in [4.69, 9.17) is 11.6 Å². The molecule has 1 amide bonds. The molecule has 0 aliphatic heterocycles. The first kappa shape index (κ1) is 13.1. The second-order valence-corrected chi connectivity index (χ2v) is 5.45. The monoisotopic (exact) mass is 287 g/mol. The molecule has 0 saturated heterocycles. The minimum atomic E-state index is -0.210. The number of halogens is 1. The van der Waals surface area contributed by atoms with Crippen molar-refractivity contribution in [1.82, 2.24) is 9.97 Å². The molecule has 1 aromatic carbocycles. The third-order valence-electron chi connectivity index (χ3n) is 3.31. The van der Waals surface area contributed by atoms with Gasteiger partial charge in [-0.3, -0.25) is 4.79 Å². The van der Waals surface area contributed by atoms with Gasteiger partial charge in [-0.1, -0.05) is 11.6 Å². The Labute approximate surface area is 122 Å². The number of anilines is 1. The van der Waals surface area contributed by atoms with E-state index in [-0.39, 0.29) is 5.91 Å². The number of nitrogens with zero attached hydrogens (tertiary/aromatic N) is 2. The molecule has 2 aromatic rings. The molecule has 0 unspecified atom stereocenters. The molecule has 3 rings (SSSR count). The minimum Gasteiger partial charge on any atom is -0.322 e. The Bertz CT molecular complexity index is 651. The van der Waals surface area contributed by atoms with Crippen LogP contribution in [0.3, 0.4) is 0 Å². The fourth-order valence-corrected chi connectivity index (χ4v) is 2.20. The van der Waals surface area contributed by atoms with Crippen molar-refractivity contribution < 1.29 is 4.79 Å². The summed E-state index contributed by atoms with van der Waals surface area (Å²) in [5.74, 6) is 1.12. The molecule has 4 nitrogen and oxygen atoms in total. The summed E-state index contributed by atoms with van der Waals surface area (Å²) in [5, 5.41) is 3.49. The van der Waals surface area contributed by atoms with E-state index < -0.39 is 0 Å². The zero-order valence-corrected chi connectivity index (χ0v) is 11.8. The molecule has 102 valence electrons. The molecule has 0 bridgehead atoms. The predicted molar refractivity (Wildman–Crippen MR) is 78.1 cm³/mol. The Morgan fingerprint density at radius 3 is 2.60 bits per heavy atom. The summed E-state index contributed by atoms with van der Waals surface area (Å²) < 4.78 is 0. The van der Waals surface area contributed by atoms with Crippen LogP contribution in [0.1, 0.15) is 40.5 Å². The summed E-state index contributed by atoms with van der Waals surface area (Å²) in [7, 11) is 0. The third kappa shape index (κ3) is 2.80. The first-order valence-electron chi connectivity index (χ1n) is 6.53. The summed E-state index contributed by atoms with van der Waals surface area (Å²) in [5.41, 5.74) is 2.12. The number of hydrogen-bond acceptors (Lipinski definition) is 3. The number of hydrogen-bond donors (Lipinski definition) is 1. The van der Waals surface area contributed by atoms with E-state index in [0.29, 0.717) is 16.5 Å². The van der Waals surface area contributed by atoms with Crippen LogP contribution in [0.2, 0.25) is 5.02 Å². The van der Waals surface area contributed by atoms with E-state index in [1.54, 1.807) is 24.5 Å². The number of carbonyl (C=O) groups is 1. The summed E-state index contributed by atoms with van der Waals surface area (Å²) in [6.45, 7) is 1.90. The van der Waals surface area contributed by atoms with Gasteiger partial charge in [-0.05, 0) is 43.5 Å². The maximum Gasteiger partial charge on any atom is 0.258 e. The lowest BCUT2D eigenvalue weighted by Crippen LogP contribution is -2.13. The van der Waals surface area contributed by atoms with E-state index in [1.807, 2.05) is 13.0 Å². The lowest BCUT2D eigenvalue weighted by Gasteiger charge is -2.08. The second-order valence-electron chi connectivity index (χ2n) is 5.02. The van der Waals surface area contributed by atoms with E-state index in [9.17, 15) is 4.79 Å². The van der Waals surface area contributed by atoms with Crippen molar-refractivity contribution in [3.05, 3.63) is 52.6 Å². The molecule has 1 heterocycles. The Kier molecular flexibility index (Phi) is 3.40. The van der Waals surface area contributed by atoms with Crippen molar-refractivity contribution in [3.8, 4) is 0 Å². The normalized spacial score (nSPS) is 14.1. The number of carbonyl (C=O) groups excluding carboxylic acids is 1. The maximum absolute atomic E-state index is 12.1. The highest BCUT2D eigenvalue weighted by Gasteiger charge is 2.26. The highest BCUT2D eigenvalue weighted by atomic mass is 35.5. The SMILES string of the molecule is Cc1cc(Cl)ccc1NC(=O)c1cnc(C2CC2)nc1. The molecule has 1 N–H and O–H groups in total. The van der Waals surface area contributed by atoms with Crippen LogP contribution in [0, 0.1) is 6.92 Å². The molecule has 1 aromatic heterocycles. The van der Waals surface area contributed by atoms with Crippen LogP contribution in [-0.2, 0) is 0 Å². The van der Waals surface area contributed by atoms with Gasteiger partial charge in [-0.25, -0.2) is 9.97 Å². The molecular formula is C15H14ClN3O.